The van der Waals surface area contributed by atoms with Crippen LogP contribution >= 0.6 is 11.6 Å². The average molecular weight is 401 g/mol. The molecule has 1 heterocycles. The van der Waals surface area contributed by atoms with Gasteiger partial charge in [-0.1, -0.05) is 42.3 Å². The van der Waals surface area contributed by atoms with Crippen LogP contribution in [0.25, 0.3) is 0 Å². The lowest BCUT2D eigenvalue weighted by Crippen LogP contribution is -2.29. The van der Waals surface area contributed by atoms with E-state index >= 15 is 0 Å². The van der Waals surface area contributed by atoms with Crippen molar-refractivity contribution in [1.29, 1.82) is 0 Å². The van der Waals surface area contributed by atoms with Gasteiger partial charge in [0, 0.05) is 18.1 Å². The zero-order chi connectivity index (χ0) is 19.9. The Kier molecular flexibility index (Phi) is 7.35. The number of ether oxygens (including phenoxy) is 1. The van der Waals surface area contributed by atoms with E-state index in [9.17, 15) is 4.79 Å². The van der Waals surface area contributed by atoms with Gasteiger partial charge in [-0.15, -0.1) is 0 Å². The molecule has 1 amide bonds. The molecule has 0 aliphatic carbocycles. The highest BCUT2D eigenvalue weighted by Crippen LogP contribution is 2.25. The molecule has 0 bridgehead atoms. The molecule has 5 heteroatoms. The molecule has 2 aromatic rings. The molecular weight excluding hydrogens is 372 g/mol. The van der Waals surface area contributed by atoms with Gasteiger partial charge in [-0.25, -0.2) is 0 Å². The van der Waals surface area contributed by atoms with E-state index in [2.05, 4.69) is 28.4 Å². The van der Waals surface area contributed by atoms with Gasteiger partial charge in [0.15, 0.2) is 6.61 Å². The van der Waals surface area contributed by atoms with Gasteiger partial charge < -0.3 is 10.1 Å². The first-order valence-corrected chi connectivity index (χ1v) is 10.4. The van der Waals surface area contributed by atoms with Gasteiger partial charge >= 0.3 is 0 Å². The Morgan fingerprint density at radius 2 is 1.75 bits per heavy atom. The topological polar surface area (TPSA) is 41.6 Å². The first-order chi connectivity index (χ1) is 13.5. The molecule has 1 aliphatic heterocycles. The van der Waals surface area contributed by atoms with Crippen molar-refractivity contribution >= 4 is 17.5 Å². The number of hydrogen-bond acceptors (Lipinski definition) is 3. The fourth-order valence-corrected chi connectivity index (χ4v) is 3.71. The zero-order valence-electron chi connectivity index (χ0n) is 16.8. The van der Waals surface area contributed by atoms with Crippen LogP contribution in [0.3, 0.4) is 0 Å². The summed E-state index contributed by atoms with van der Waals surface area (Å²) in [6.07, 6.45) is 3.94. The lowest BCUT2D eigenvalue weighted by Gasteiger charge is -2.26. The minimum Gasteiger partial charge on any atom is -0.484 e. The van der Waals surface area contributed by atoms with Crippen LogP contribution in [0.15, 0.2) is 36.4 Å². The molecule has 0 spiro atoms. The second-order valence-electron chi connectivity index (χ2n) is 7.59. The largest absolute Gasteiger partial charge is 0.484 e. The van der Waals surface area contributed by atoms with Crippen molar-refractivity contribution in [3.05, 3.63) is 63.7 Å². The number of nitrogens with zero attached hydrogens (tertiary/aromatic N) is 1. The first kappa shape index (κ1) is 20.7. The number of piperidine rings is 1. The van der Waals surface area contributed by atoms with E-state index in [0.29, 0.717) is 12.3 Å². The van der Waals surface area contributed by atoms with E-state index in [1.165, 1.54) is 37.9 Å². The molecule has 0 atom stereocenters. The molecule has 1 fully saturated rings. The van der Waals surface area contributed by atoms with Gasteiger partial charge in [-0.2, -0.15) is 0 Å². The van der Waals surface area contributed by atoms with Crippen molar-refractivity contribution in [1.82, 2.24) is 10.2 Å². The summed E-state index contributed by atoms with van der Waals surface area (Å²) in [5.41, 5.74) is 4.31. The predicted molar refractivity (Wildman–Crippen MR) is 114 cm³/mol. The SMILES string of the molecule is Cc1cc(OCC(=O)NCc2cccc(CN3CCCCC3)c2)cc(C)c1Cl. The van der Waals surface area contributed by atoms with Crippen molar-refractivity contribution in [3.63, 3.8) is 0 Å². The fourth-order valence-electron chi connectivity index (χ4n) is 3.60. The van der Waals surface area contributed by atoms with E-state index in [1.54, 1.807) is 0 Å². The van der Waals surface area contributed by atoms with Crippen LogP contribution in [0.4, 0.5) is 0 Å². The van der Waals surface area contributed by atoms with Gasteiger partial charge in [0.25, 0.3) is 5.91 Å². The van der Waals surface area contributed by atoms with E-state index < -0.39 is 0 Å². The van der Waals surface area contributed by atoms with Gasteiger partial charge in [-0.3, -0.25) is 9.69 Å². The van der Waals surface area contributed by atoms with Crippen molar-refractivity contribution < 1.29 is 9.53 Å². The zero-order valence-corrected chi connectivity index (χ0v) is 17.5. The fraction of sp³-hybridized carbons (Fsp3) is 0.435. The Morgan fingerprint density at radius 3 is 2.46 bits per heavy atom. The molecule has 0 radical (unpaired) electrons. The summed E-state index contributed by atoms with van der Waals surface area (Å²) in [7, 11) is 0. The number of nitrogens with one attached hydrogen (secondary N) is 1. The summed E-state index contributed by atoms with van der Waals surface area (Å²) in [6, 6.07) is 12.2. The Labute approximate surface area is 172 Å². The maximum Gasteiger partial charge on any atom is 0.258 e. The highest BCUT2D eigenvalue weighted by atomic mass is 35.5. The molecule has 0 aromatic heterocycles. The standard InChI is InChI=1S/C23H29ClN2O2/c1-17-11-21(12-18(2)23(17)24)28-16-22(27)25-14-19-7-6-8-20(13-19)15-26-9-4-3-5-10-26/h6-8,11-13H,3-5,9-10,14-16H2,1-2H3,(H,25,27). The minimum absolute atomic E-state index is 0.00597. The first-order valence-electron chi connectivity index (χ1n) is 9.97. The van der Waals surface area contributed by atoms with Crippen LogP contribution in [0, 0.1) is 13.8 Å². The van der Waals surface area contributed by atoms with E-state index in [1.807, 2.05) is 32.0 Å². The maximum absolute atomic E-state index is 12.2. The molecule has 1 saturated heterocycles. The van der Waals surface area contributed by atoms with Gasteiger partial charge in [0.05, 0.1) is 0 Å². The maximum atomic E-state index is 12.2. The van der Waals surface area contributed by atoms with Crippen molar-refractivity contribution in [2.24, 2.45) is 0 Å². The van der Waals surface area contributed by atoms with E-state index in [0.717, 1.165) is 28.3 Å². The molecule has 28 heavy (non-hydrogen) atoms. The van der Waals surface area contributed by atoms with E-state index in [-0.39, 0.29) is 12.5 Å². The number of rotatable bonds is 7. The number of aryl methyl sites for hydroxylation is 2. The lowest BCUT2D eigenvalue weighted by atomic mass is 10.1. The highest BCUT2D eigenvalue weighted by molar-refractivity contribution is 6.32. The Balaban J connectivity index is 1.47. The van der Waals surface area contributed by atoms with Crippen LogP contribution in [0.5, 0.6) is 5.75 Å². The number of amides is 1. The molecule has 150 valence electrons. The van der Waals surface area contributed by atoms with Gasteiger partial charge in [-0.05, 0) is 74.2 Å². The van der Waals surface area contributed by atoms with Crippen LogP contribution in [-0.4, -0.2) is 30.5 Å². The summed E-state index contributed by atoms with van der Waals surface area (Å²) in [5.74, 6) is 0.532. The summed E-state index contributed by atoms with van der Waals surface area (Å²) in [5, 5.41) is 3.67. The second kappa shape index (κ2) is 9.94. The highest BCUT2D eigenvalue weighted by Gasteiger charge is 2.11. The van der Waals surface area contributed by atoms with Gasteiger partial charge in [0.2, 0.25) is 0 Å². The molecule has 1 aliphatic rings. The van der Waals surface area contributed by atoms with Gasteiger partial charge in [0.1, 0.15) is 5.75 Å². The summed E-state index contributed by atoms with van der Waals surface area (Å²) in [6.45, 7) is 7.71. The molecule has 1 N–H and O–H groups in total. The van der Waals surface area contributed by atoms with Crippen LogP contribution in [-0.2, 0) is 17.9 Å². The summed E-state index contributed by atoms with van der Waals surface area (Å²) < 4.78 is 5.62. The number of carbonyl (C=O) groups excluding carboxylic acids is 1. The summed E-state index contributed by atoms with van der Waals surface area (Å²) in [4.78, 5) is 14.7. The third-order valence-corrected chi connectivity index (χ3v) is 5.71. The molecular formula is C23H29ClN2O2. The quantitative estimate of drug-likeness (QED) is 0.736. The van der Waals surface area contributed by atoms with Crippen LogP contribution < -0.4 is 10.1 Å². The third-order valence-electron chi connectivity index (χ3n) is 5.12. The van der Waals surface area contributed by atoms with E-state index in [4.69, 9.17) is 16.3 Å². The average Bonchev–Trinajstić information content (AvgIpc) is 2.70. The summed E-state index contributed by atoms with van der Waals surface area (Å²) >= 11 is 6.17. The second-order valence-corrected chi connectivity index (χ2v) is 7.97. The number of hydrogen-bond donors (Lipinski definition) is 1. The minimum atomic E-state index is -0.133. The normalized spacial score (nSPS) is 14.7. The molecule has 4 nitrogen and oxygen atoms in total. The van der Waals surface area contributed by atoms with Crippen LogP contribution in [0.2, 0.25) is 5.02 Å². The Hall–Kier alpha value is -2.04. The molecule has 0 unspecified atom stereocenters. The van der Waals surface area contributed by atoms with Crippen molar-refractivity contribution in [2.45, 2.75) is 46.2 Å². The van der Waals surface area contributed by atoms with Crippen molar-refractivity contribution in [2.75, 3.05) is 19.7 Å². The number of halogens is 1. The predicted octanol–water partition coefficient (Wildman–Crippen LogP) is 4.64. The Bertz CT molecular complexity index is 793. The van der Waals surface area contributed by atoms with Crippen LogP contribution in [0.1, 0.15) is 41.5 Å². The molecule has 2 aromatic carbocycles. The number of benzene rings is 2. The third kappa shape index (κ3) is 5.98. The lowest BCUT2D eigenvalue weighted by molar-refractivity contribution is -0.123. The smallest absolute Gasteiger partial charge is 0.258 e. The monoisotopic (exact) mass is 400 g/mol. The molecule has 0 saturated carbocycles. The molecule has 3 rings (SSSR count). The van der Waals surface area contributed by atoms with Crippen molar-refractivity contribution in [3.8, 4) is 5.75 Å². The Morgan fingerprint density at radius 1 is 1.07 bits per heavy atom. The number of likely N-dealkylation sites (tertiary alicyclic amines) is 1. The number of carbonyl (C=O) groups is 1.